The molecular formula is C11H15F2N. The maximum atomic E-state index is 13.4. The lowest BCUT2D eigenvalue weighted by Crippen LogP contribution is -2.21. The highest BCUT2D eigenvalue weighted by Crippen LogP contribution is 2.26. The van der Waals surface area contributed by atoms with E-state index >= 15 is 0 Å². The number of hydrogen-bond acceptors (Lipinski definition) is 1. The predicted octanol–water partition coefficient (Wildman–Crippen LogP) is 2.98. The number of halogens is 2. The maximum absolute atomic E-state index is 13.4. The lowest BCUT2D eigenvalue weighted by atomic mass is 10.0. The number of hydrogen-bond donors (Lipinski definition) is 0. The molecule has 0 aliphatic heterocycles. The molecular weight excluding hydrogens is 184 g/mol. The van der Waals surface area contributed by atoms with Crippen LogP contribution in [0.3, 0.4) is 0 Å². The van der Waals surface area contributed by atoms with Crippen molar-refractivity contribution in [2.75, 3.05) is 14.1 Å². The van der Waals surface area contributed by atoms with Crippen LogP contribution in [0.4, 0.5) is 8.78 Å². The number of benzene rings is 1. The normalized spacial score (nSPS) is 13.3. The minimum Gasteiger partial charge on any atom is -0.302 e. The summed E-state index contributed by atoms with van der Waals surface area (Å²) in [4.78, 5) is 1.82. The Hall–Kier alpha value is -0.960. The van der Waals surface area contributed by atoms with Crippen molar-refractivity contribution in [1.82, 2.24) is 4.90 Å². The van der Waals surface area contributed by atoms with Gasteiger partial charge in [-0.3, -0.25) is 0 Å². The Bertz CT molecular complexity index is 290. The molecule has 0 aromatic heterocycles. The molecule has 0 bridgehead atoms. The number of rotatable bonds is 3. The van der Waals surface area contributed by atoms with E-state index in [1.807, 2.05) is 25.9 Å². The van der Waals surface area contributed by atoms with Gasteiger partial charge in [-0.05, 0) is 32.6 Å². The van der Waals surface area contributed by atoms with Gasteiger partial charge in [0.15, 0.2) is 0 Å². The van der Waals surface area contributed by atoms with Gasteiger partial charge in [0.1, 0.15) is 11.6 Å². The molecule has 0 N–H and O–H groups in total. The monoisotopic (exact) mass is 199 g/mol. The van der Waals surface area contributed by atoms with Crippen molar-refractivity contribution in [1.29, 1.82) is 0 Å². The average molecular weight is 199 g/mol. The fraction of sp³-hybridized carbons (Fsp3) is 0.455. The Balaban J connectivity index is 3.15. The van der Waals surface area contributed by atoms with Crippen LogP contribution in [-0.4, -0.2) is 19.0 Å². The van der Waals surface area contributed by atoms with Gasteiger partial charge in [0.05, 0.1) is 0 Å². The lowest BCUT2D eigenvalue weighted by molar-refractivity contribution is 0.276. The minimum absolute atomic E-state index is 0.167. The van der Waals surface area contributed by atoms with Gasteiger partial charge in [0.2, 0.25) is 0 Å². The van der Waals surface area contributed by atoms with Crippen molar-refractivity contribution in [3.05, 3.63) is 35.4 Å². The first kappa shape index (κ1) is 11.1. The summed E-state index contributed by atoms with van der Waals surface area (Å²) >= 11 is 0. The Morgan fingerprint density at radius 1 is 1.21 bits per heavy atom. The van der Waals surface area contributed by atoms with Crippen molar-refractivity contribution in [3.63, 3.8) is 0 Å². The summed E-state index contributed by atoms with van der Waals surface area (Å²) in [7, 11) is 3.64. The van der Waals surface area contributed by atoms with Crippen LogP contribution < -0.4 is 0 Å². The van der Waals surface area contributed by atoms with E-state index in [0.717, 1.165) is 0 Å². The Morgan fingerprint density at radius 2 is 1.71 bits per heavy atom. The van der Waals surface area contributed by atoms with E-state index in [4.69, 9.17) is 0 Å². The van der Waals surface area contributed by atoms with E-state index in [2.05, 4.69) is 0 Å². The number of nitrogens with zero attached hydrogens (tertiary/aromatic N) is 1. The van der Waals surface area contributed by atoms with Gasteiger partial charge in [0, 0.05) is 11.6 Å². The van der Waals surface area contributed by atoms with E-state index in [1.54, 1.807) is 0 Å². The molecule has 1 aromatic carbocycles. The third-order valence-corrected chi connectivity index (χ3v) is 2.34. The Labute approximate surface area is 83.3 Å². The van der Waals surface area contributed by atoms with Gasteiger partial charge >= 0.3 is 0 Å². The quantitative estimate of drug-likeness (QED) is 0.723. The molecule has 1 unspecified atom stereocenters. The largest absolute Gasteiger partial charge is 0.302 e. The van der Waals surface area contributed by atoms with Crippen molar-refractivity contribution >= 4 is 0 Å². The summed E-state index contributed by atoms with van der Waals surface area (Å²) in [5.74, 6) is -0.934. The smallest absolute Gasteiger partial charge is 0.130 e. The van der Waals surface area contributed by atoms with Gasteiger partial charge in [-0.25, -0.2) is 8.78 Å². The fourth-order valence-corrected chi connectivity index (χ4v) is 1.66. The Morgan fingerprint density at radius 3 is 2.07 bits per heavy atom. The molecule has 1 atom stereocenters. The van der Waals surface area contributed by atoms with E-state index in [-0.39, 0.29) is 11.6 Å². The summed E-state index contributed by atoms with van der Waals surface area (Å²) in [6.45, 7) is 1.91. The van der Waals surface area contributed by atoms with Crippen LogP contribution >= 0.6 is 0 Å². The molecule has 0 saturated carbocycles. The molecule has 1 aromatic rings. The topological polar surface area (TPSA) is 3.24 Å². The molecule has 1 nitrogen and oxygen atoms in total. The van der Waals surface area contributed by atoms with Crippen LogP contribution in [0, 0.1) is 11.6 Å². The predicted molar refractivity (Wildman–Crippen MR) is 53.1 cm³/mol. The lowest BCUT2D eigenvalue weighted by Gasteiger charge is -2.23. The van der Waals surface area contributed by atoms with Crippen LogP contribution in [0.25, 0.3) is 0 Å². The van der Waals surface area contributed by atoms with Crippen LogP contribution in [0.2, 0.25) is 0 Å². The first-order valence-corrected chi connectivity index (χ1v) is 4.68. The molecule has 0 saturated heterocycles. The molecule has 0 radical (unpaired) electrons. The summed E-state index contributed by atoms with van der Waals surface area (Å²) in [6, 6.07) is 3.78. The van der Waals surface area contributed by atoms with Crippen molar-refractivity contribution in [3.8, 4) is 0 Å². The zero-order chi connectivity index (χ0) is 10.7. The van der Waals surface area contributed by atoms with Crippen LogP contribution in [0.5, 0.6) is 0 Å². The second-order valence-corrected chi connectivity index (χ2v) is 3.52. The van der Waals surface area contributed by atoms with Crippen LogP contribution in [0.15, 0.2) is 18.2 Å². The first-order valence-electron chi connectivity index (χ1n) is 4.68. The fourth-order valence-electron chi connectivity index (χ4n) is 1.66. The highest BCUT2D eigenvalue weighted by molar-refractivity contribution is 5.23. The van der Waals surface area contributed by atoms with Crippen molar-refractivity contribution in [2.24, 2.45) is 0 Å². The zero-order valence-corrected chi connectivity index (χ0v) is 8.72. The highest BCUT2D eigenvalue weighted by atomic mass is 19.1. The minimum atomic E-state index is -0.467. The van der Waals surface area contributed by atoms with Crippen LogP contribution in [-0.2, 0) is 0 Å². The molecule has 14 heavy (non-hydrogen) atoms. The first-order chi connectivity index (χ1) is 6.57. The molecule has 0 aliphatic carbocycles. The maximum Gasteiger partial charge on any atom is 0.130 e. The van der Waals surface area contributed by atoms with E-state index in [9.17, 15) is 8.78 Å². The second-order valence-electron chi connectivity index (χ2n) is 3.52. The van der Waals surface area contributed by atoms with E-state index in [1.165, 1.54) is 18.2 Å². The molecule has 78 valence electrons. The van der Waals surface area contributed by atoms with E-state index < -0.39 is 11.6 Å². The molecule has 3 heteroatoms. The third-order valence-electron chi connectivity index (χ3n) is 2.34. The molecule has 0 fully saturated rings. The van der Waals surface area contributed by atoms with E-state index in [0.29, 0.717) is 6.42 Å². The summed E-state index contributed by atoms with van der Waals surface area (Å²) < 4.78 is 26.8. The third kappa shape index (κ3) is 2.10. The van der Waals surface area contributed by atoms with Gasteiger partial charge < -0.3 is 4.90 Å². The average Bonchev–Trinajstić information content (AvgIpc) is 2.10. The van der Waals surface area contributed by atoms with Crippen molar-refractivity contribution in [2.45, 2.75) is 19.4 Å². The standard InChI is InChI=1S/C11H15F2N/c1-4-10(14(2)3)11-8(12)6-5-7-9(11)13/h5-7,10H,4H2,1-3H3. The molecule has 0 amide bonds. The summed E-state index contributed by atoms with van der Waals surface area (Å²) in [5, 5.41) is 0. The second kappa shape index (κ2) is 4.51. The van der Waals surface area contributed by atoms with Gasteiger partial charge in [-0.15, -0.1) is 0 Å². The Kier molecular flexibility index (Phi) is 3.58. The highest BCUT2D eigenvalue weighted by Gasteiger charge is 2.19. The van der Waals surface area contributed by atoms with Gasteiger partial charge in [0.25, 0.3) is 0 Å². The summed E-state index contributed by atoms with van der Waals surface area (Å²) in [5.41, 5.74) is 0.167. The van der Waals surface area contributed by atoms with Crippen molar-refractivity contribution < 1.29 is 8.78 Å². The molecule has 0 spiro atoms. The molecule has 0 aliphatic rings. The summed E-state index contributed by atoms with van der Waals surface area (Å²) in [6.07, 6.45) is 0.685. The molecule has 0 heterocycles. The molecule has 1 rings (SSSR count). The van der Waals surface area contributed by atoms with Crippen LogP contribution in [0.1, 0.15) is 24.9 Å². The van der Waals surface area contributed by atoms with Gasteiger partial charge in [-0.2, -0.15) is 0 Å². The van der Waals surface area contributed by atoms with Gasteiger partial charge in [-0.1, -0.05) is 13.0 Å². The zero-order valence-electron chi connectivity index (χ0n) is 8.72. The SMILES string of the molecule is CCC(c1c(F)cccc1F)N(C)C.